The van der Waals surface area contributed by atoms with Gasteiger partial charge in [-0.15, -0.1) is 6.58 Å². The van der Waals surface area contributed by atoms with E-state index in [1.807, 2.05) is 0 Å². The Bertz CT molecular complexity index is 349. The number of benzene rings is 1. The molecule has 1 aromatic rings. The Hall–Kier alpha value is -1.29. The van der Waals surface area contributed by atoms with Gasteiger partial charge in [0.2, 0.25) is 0 Å². The number of halogens is 3. The van der Waals surface area contributed by atoms with Gasteiger partial charge in [0.1, 0.15) is 0 Å². The fourth-order valence-electron chi connectivity index (χ4n) is 0.984. The van der Waals surface area contributed by atoms with Crippen molar-refractivity contribution in [1.82, 2.24) is 0 Å². The molecule has 0 aliphatic rings. The number of nitrogens with two attached hydrogens (primary N) is 1. The zero-order valence-corrected chi connectivity index (χ0v) is 7.65. The molecule has 0 spiro atoms. The molecule has 14 heavy (non-hydrogen) atoms. The van der Waals surface area contributed by atoms with Gasteiger partial charge in [-0.05, 0) is 24.6 Å². The second-order valence-corrected chi connectivity index (χ2v) is 3.24. The number of hydrogen-bond donors (Lipinski definition) is 1. The van der Waals surface area contributed by atoms with E-state index in [2.05, 4.69) is 6.58 Å². The second-order valence-electron chi connectivity index (χ2n) is 3.24. The van der Waals surface area contributed by atoms with Crippen LogP contribution in [0.4, 0.5) is 13.2 Å². The molecule has 0 fully saturated rings. The fourth-order valence-corrected chi connectivity index (χ4v) is 0.984. The van der Waals surface area contributed by atoms with Crippen LogP contribution in [0.2, 0.25) is 0 Å². The first kappa shape index (κ1) is 10.8. The van der Waals surface area contributed by atoms with Crippen LogP contribution in [0.1, 0.15) is 12.5 Å². The Morgan fingerprint density at radius 2 is 1.71 bits per heavy atom. The Balaban J connectivity index is 3.32. The molecule has 0 saturated carbocycles. The van der Waals surface area contributed by atoms with Crippen LogP contribution >= 0.6 is 0 Å². The highest BCUT2D eigenvalue weighted by atomic mass is 19.2. The maximum absolute atomic E-state index is 12.8. The van der Waals surface area contributed by atoms with E-state index in [1.54, 1.807) is 0 Å². The lowest BCUT2D eigenvalue weighted by molar-refractivity contribution is 0.440. The summed E-state index contributed by atoms with van der Waals surface area (Å²) in [6.07, 6.45) is 1.33. The zero-order chi connectivity index (χ0) is 10.9. The molecular formula is C10H10F3N. The predicted molar refractivity (Wildman–Crippen MR) is 48.1 cm³/mol. The molecule has 0 heterocycles. The average Bonchev–Trinajstić information content (AvgIpc) is 2.13. The van der Waals surface area contributed by atoms with Crippen LogP contribution in [0.25, 0.3) is 0 Å². The molecule has 0 aliphatic carbocycles. The highest BCUT2D eigenvalue weighted by molar-refractivity contribution is 5.29. The molecule has 1 rings (SSSR count). The smallest absolute Gasteiger partial charge is 0.194 e. The highest BCUT2D eigenvalue weighted by Gasteiger charge is 2.21. The molecular weight excluding hydrogens is 191 g/mol. The standard InChI is InChI=1S/C10H10F3N/c1-3-10(2,14)6-4-7(11)9(13)8(12)5-6/h3-5H,1,14H2,2H3/t10-/m1/s1. The number of rotatable bonds is 2. The Kier molecular flexibility index (Phi) is 2.66. The van der Waals surface area contributed by atoms with E-state index in [0.717, 1.165) is 12.1 Å². The van der Waals surface area contributed by atoms with Crippen LogP contribution in [-0.2, 0) is 5.54 Å². The van der Waals surface area contributed by atoms with E-state index >= 15 is 0 Å². The first-order chi connectivity index (χ1) is 6.38. The van der Waals surface area contributed by atoms with Gasteiger partial charge in [0, 0.05) is 0 Å². The monoisotopic (exact) mass is 201 g/mol. The van der Waals surface area contributed by atoms with E-state index in [1.165, 1.54) is 13.0 Å². The van der Waals surface area contributed by atoms with Gasteiger partial charge < -0.3 is 5.73 Å². The van der Waals surface area contributed by atoms with Gasteiger partial charge in [0.15, 0.2) is 17.5 Å². The summed E-state index contributed by atoms with van der Waals surface area (Å²) in [5.74, 6) is -3.99. The second kappa shape index (κ2) is 3.46. The van der Waals surface area contributed by atoms with Crippen LogP contribution in [-0.4, -0.2) is 0 Å². The normalized spacial score (nSPS) is 14.9. The van der Waals surface area contributed by atoms with Gasteiger partial charge in [0.25, 0.3) is 0 Å². The summed E-state index contributed by atoms with van der Waals surface area (Å²) in [5.41, 5.74) is 4.72. The van der Waals surface area contributed by atoms with Crippen molar-refractivity contribution in [3.8, 4) is 0 Å². The summed E-state index contributed by atoms with van der Waals surface area (Å²) in [5, 5.41) is 0. The quantitative estimate of drug-likeness (QED) is 0.577. The average molecular weight is 201 g/mol. The Morgan fingerprint density at radius 3 is 2.07 bits per heavy atom. The molecule has 1 nitrogen and oxygen atoms in total. The molecule has 0 aromatic heterocycles. The topological polar surface area (TPSA) is 26.0 Å². The minimum absolute atomic E-state index is 0.143. The molecule has 0 amide bonds. The lowest BCUT2D eigenvalue weighted by atomic mass is 9.93. The predicted octanol–water partition coefficient (Wildman–Crippen LogP) is 2.46. The molecule has 0 bridgehead atoms. The van der Waals surface area contributed by atoms with E-state index in [-0.39, 0.29) is 5.56 Å². The lowest BCUT2D eigenvalue weighted by Crippen LogP contribution is -2.30. The molecule has 1 aromatic carbocycles. The molecule has 76 valence electrons. The van der Waals surface area contributed by atoms with E-state index in [9.17, 15) is 13.2 Å². The summed E-state index contributed by atoms with van der Waals surface area (Å²) in [6, 6.07) is 1.72. The zero-order valence-electron chi connectivity index (χ0n) is 7.65. The first-order valence-electron chi connectivity index (χ1n) is 3.96. The molecule has 2 N–H and O–H groups in total. The maximum atomic E-state index is 12.8. The minimum atomic E-state index is -1.49. The van der Waals surface area contributed by atoms with Crippen molar-refractivity contribution in [3.63, 3.8) is 0 Å². The first-order valence-corrected chi connectivity index (χ1v) is 3.96. The number of hydrogen-bond acceptors (Lipinski definition) is 1. The van der Waals surface area contributed by atoms with Crippen molar-refractivity contribution in [2.24, 2.45) is 5.73 Å². The van der Waals surface area contributed by atoms with Crippen molar-refractivity contribution in [2.75, 3.05) is 0 Å². The van der Waals surface area contributed by atoms with Crippen molar-refractivity contribution >= 4 is 0 Å². The summed E-state index contributed by atoms with van der Waals surface area (Å²) in [6.45, 7) is 4.95. The largest absolute Gasteiger partial charge is 0.318 e. The van der Waals surface area contributed by atoms with Crippen LogP contribution in [0, 0.1) is 17.5 Å². The van der Waals surface area contributed by atoms with Crippen LogP contribution < -0.4 is 5.73 Å². The van der Waals surface area contributed by atoms with Crippen LogP contribution in [0.15, 0.2) is 24.8 Å². The van der Waals surface area contributed by atoms with E-state index in [4.69, 9.17) is 5.73 Å². The highest BCUT2D eigenvalue weighted by Crippen LogP contribution is 2.22. The maximum Gasteiger partial charge on any atom is 0.194 e. The molecule has 0 unspecified atom stereocenters. The van der Waals surface area contributed by atoms with Crippen molar-refractivity contribution in [3.05, 3.63) is 47.8 Å². The van der Waals surface area contributed by atoms with Crippen LogP contribution in [0.5, 0.6) is 0 Å². The molecule has 0 saturated heterocycles. The van der Waals surface area contributed by atoms with Gasteiger partial charge in [0.05, 0.1) is 5.54 Å². The Labute approximate surface area is 80.0 Å². The minimum Gasteiger partial charge on any atom is -0.318 e. The molecule has 1 atom stereocenters. The van der Waals surface area contributed by atoms with Gasteiger partial charge in [-0.25, -0.2) is 13.2 Å². The van der Waals surface area contributed by atoms with Crippen molar-refractivity contribution < 1.29 is 13.2 Å². The lowest BCUT2D eigenvalue weighted by Gasteiger charge is -2.20. The third-order valence-electron chi connectivity index (χ3n) is 2.03. The third-order valence-corrected chi connectivity index (χ3v) is 2.03. The SMILES string of the molecule is C=C[C@@](C)(N)c1cc(F)c(F)c(F)c1. The van der Waals surface area contributed by atoms with Crippen molar-refractivity contribution in [1.29, 1.82) is 0 Å². The molecule has 0 aliphatic heterocycles. The summed E-state index contributed by atoms with van der Waals surface area (Å²) in [7, 11) is 0. The fraction of sp³-hybridized carbons (Fsp3) is 0.200. The third kappa shape index (κ3) is 1.80. The Morgan fingerprint density at radius 1 is 1.29 bits per heavy atom. The van der Waals surface area contributed by atoms with Crippen molar-refractivity contribution in [2.45, 2.75) is 12.5 Å². The van der Waals surface area contributed by atoms with Gasteiger partial charge in [-0.2, -0.15) is 0 Å². The van der Waals surface area contributed by atoms with Gasteiger partial charge in [-0.1, -0.05) is 6.08 Å². The molecule has 0 radical (unpaired) electrons. The molecule has 4 heteroatoms. The van der Waals surface area contributed by atoms with Gasteiger partial charge >= 0.3 is 0 Å². The summed E-state index contributed by atoms with van der Waals surface area (Å²) in [4.78, 5) is 0. The summed E-state index contributed by atoms with van der Waals surface area (Å²) >= 11 is 0. The summed E-state index contributed by atoms with van der Waals surface area (Å²) < 4.78 is 38.2. The van der Waals surface area contributed by atoms with E-state index < -0.39 is 23.0 Å². The van der Waals surface area contributed by atoms with E-state index in [0.29, 0.717) is 0 Å². The van der Waals surface area contributed by atoms with Crippen LogP contribution in [0.3, 0.4) is 0 Å². The van der Waals surface area contributed by atoms with Gasteiger partial charge in [-0.3, -0.25) is 0 Å².